The Morgan fingerprint density at radius 1 is 0.944 bits per heavy atom. The third-order valence-corrected chi connectivity index (χ3v) is 3.26. The minimum Gasteiger partial charge on any atom is -0.243 e. The molecule has 0 spiro atoms. The zero-order chi connectivity index (χ0) is 13.3. The minimum atomic E-state index is 0.200. The molecule has 0 unspecified atom stereocenters. The lowest BCUT2D eigenvalue weighted by molar-refractivity contribution is 1.26. The summed E-state index contributed by atoms with van der Waals surface area (Å²) in [4.78, 5) is 3.93. The van der Waals surface area contributed by atoms with Crippen LogP contribution in [-0.2, 0) is 0 Å². The van der Waals surface area contributed by atoms with Crippen molar-refractivity contribution in [1.29, 1.82) is 5.26 Å². The van der Waals surface area contributed by atoms with Gasteiger partial charge < -0.3 is 0 Å². The van der Waals surface area contributed by atoms with Gasteiger partial charge in [-0.05, 0) is 18.2 Å². The molecule has 1 heterocycles. The Labute approximate surface area is 124 Å². The number of hydrogen-bond acceptors (Lipinski definition) is 2. The monoisotopic (exact) mass is 316 g/mol. The SMILES string of the molecule is N#Cc1ncc(Cl)cc1-c1c(Cl)cc(Cl)cc1Cl. The molecule has 0 saturated heterocycles. The molecule has 2 rings (SSSR count). The normalized spacial score (nSPS) is 10.2. The van der Waals surface area contributed by atoms with Gasteiger partial charge in [-0.25, -0.2) is 4.98 Å². The highest BCUT2D eigenvalue weighted by Gasteiger charge is 2.15. The van der Waals surface area contributed by atoms with E-state index in [-0.39, 0.29) is 5.69 Å². The molecule has 0 radical (unpaired) electrons. The van der Waals surface area contributed by atoms with Crippen molar-refractivity contribution < 1.29 is 0 Å². The van der Waals surface area contributed by atoms with Crippen molar-refractivity contribution in [3.63, 3.8) is 0 Å². The van der Waals surface area contributed by atoms with Gasteiger partial charge in [0.25, 0.3) is 0 Å². The lowest BCUT2D eigenvalue weighted by atomic mass is 10.0. The molecule has 0 atom stereocenters. The number of pyridine rings is 1. The Balaban J connectivity index is 2.77. The van der Waals surface area contributed by atoms with Crippen LogP contribution in [0.4, 0.5) is 0 Å². The Morgan fingerprint density at radius 2 is 1.56 bits per heavy atom. The molecule has 6 heteroatoms. The number of nitriles is 1. The molecule has 90 valence electrons. The van der Waals surface area contributed by atoms with E-state index < -0.39 is 0 Å². The van der Waals surface area contributed by atoms with Crippen LogP contribution in [0.15, 0.2) is 24.4 Å². The Bertz CT molecular complexity index is 639. The van der Waals surface area contributed by atoms with Crippen LogP contribution in [-0.4, -0.2) is 4.98 Å². The van der Waals surface area contributed by atoms with E-state index in [0.717, 1.165) is 0 Å². The Hall–Kier alpha value is -0.980. The van der Waals surface area contributed by atoms with Crippen molar-refractivity contribution in [2.24, 2.45) is 0 Å². The second kappa shape index (κ2) is 5.34. The first-order valence-electron chi connectivity index (χ1n) is 4.73. The molecule has 0 fully saturated rings. The fourth-order valence-electron chi connectivity index (χ4n) is 1.52. The fraction of sp³-hybridized carbons (Fsp3) is 0. The third-order valence-electron chi connectivity index (χ3n) is 2.24. The molecular weight excluding hydrogens is 314 g/mol. The van der Waals surface area contributed by atoms with Crippen molar-refractivity contribution in [3.8, 4) is 17.2 Å². The quantitative estimate of drug-likeness (QED) is 0.721. The van der Waals surface area contributed by atoms with Crippen LogP contribution in [0.3, 0.4) is 0 Å². The third kappa shape index (κ3) is 2.55. The first-order valence-corrected chi connectivity index (χ1v) is 6.24. The smallest absolute Gasteiger partial charge is 0.148 e. The summed E-state index contributed by atoms with van der Waals surface area (Å²) >= 11 is 23.9. The zero-order valence-electron chi connectivity index (χ0n) is 8.72. The molecule has 0 aliphatic carbocycles. The number of halogens is 4. The summed E-state index contributed by atoms with van der Waals surface area (Å²) < 4.78 is 0. The molecule has 18 heavy (non-hydrogen) atoms. The number of rotatable bonds is 1. The van der Waals surface area contributed by atoms with Crippen molar-refractivity contribution >= 4 is 46.4 Å². The molecule has 1 aromatic carbocycles. The van der Waals surface area contributed by atoms with Crippen LogP contribution in [0, 0.1) is 11.3 Å². The summed E-state index contributed by atoms with van der Waals surface area (Å²) in [7, 11) is 0. The Morgan fingerprint density at radius 3 is 2.11 bits per heavy atom. The topological polar surface area (TPSA) is 36.7 Å². The maximum Gasteiger partial charge on any atom is 0.148 e. The van der Waals surface area contributed by atoms with Crippen LogP contribution in [0.5, 0.6) is 0 Å². The van der Waals surface area contributed by atoms with Crippen molar-refractivity contribution in [1.82, 2.24) is 4.98 Å². The van der Waals surface area contributed by atoms with Gasteiger partial charge in [-0.15, -0.1) is 0 Å². The van der Waals surface area contributed by atoms with Crippen LogP contribution >= 0.6 is 46.4 Å². The Kier molecular flexibility index (Phi) is 3.99. The number of nitrogens with zero attached hydrogens (tertiary/aromatic N) is 2. The fourth-order valence-corrected chi connectivity index (χ4v) is 2.70. The molecule has 0 saturated carbocycles. The van der Waals surface area contributed by atoms with Crippen molar-refractivity contribution in [2.75, 3.05) is 0 Å². The van der Waals surface area contributed by atoms with Gasteiger partial charge in [-0.1, -0.05) is 46.4 Å². The molecule has 1 aromatic heterocycles. The average molecular weight is 318 g/mol. The minimum absolute atomic E-state index is 0.200. The summed E-state index contributed by atoms with van der Waals surface area (Å²) in [6.45, 7) is 0. The van der Waals surface area contributed by atoms with E-state index in [4.69, 9.17) is 51.7 Å². The molecule has 0 bridgehead atoms. The highest BCUT2D eigenvalue weighted by Crippen LogP contribution is 2.38. The predicted octanol–water partition coefficient (Wildman–Crippen LogP) is 5.23. The molecule has 2 aromatic rings. The average Bonchev–Trinajstić information content (AvgIpc) is 2.28. The van der Waals surface area contributed by atoms with E-state index in [2.05, 4.69) is 4.98 Å². The second-order valence-corrected chi connectivity index (χ2v) is 5.09. The molecule has 0 N–H and O–H groups in total. The van der Waals surface area contributed by atoms with Gasteiger partial charge in [0.15, 0.2) is 0 Å². The summed E-state index contributed by atoms with van der Waals surface area (Å²) in [5.74, 6) is 0. The largest absolute Gasteiger partial charge is 0.243 e. The van der Waals surface area contributed by atoms with E-state index in [9.17, 15) is 0 Å². The molecule has 0 amide bonds. The van der Waals surface area contributed by atoms with E-state index in [0.29, 0.717) is 31.2 Å². The number of hydrogen-bond donors (Lipinski definition) is 0. The summed E-state index contributed by atoms with van der Waals surface area (Å²) in [5, 5.41) is 10.5. The zero-order valence-corrected chi connectivity index (χ0v) is 11.7. The van der Waals surface area contributed by atoms with Crippen LogP contribution in [0.1, 0.15) is 5.69 Å². The maximum atomic E-state index is 9.04. The first kappa shape index (κ1) is 13.5. The van der Waals surface area contributed by atoms with Gasteiger partial charge in [-0.3, -0.25) is 0 Å². The number of aromatic nitrogens is 1. The lowest BCUT2D eigenvalue weighted by Crippen LogP contribution is -1.91. The van der Waals surface area contributed by atoms with Crippen LogP contribution in [0.25, 0.3) is 11.1 Å². The van der Waals surface area contributed by atoms with Gasteiger partial charge in [-0.2, -0.15) is 5.26 Å². The van der Waals surface area contributed by atoms with Crippen LogP contribution < -0.4 is 0 Å². The molecule has 0 aliphatic rings. The maximum absolute atomic E-state index is 9.04. The van der Waals surface area contributed by atoms with Crippen molar-refractivity contribution in [2.45, 2.75) is 0 Å². The second-order valence-electron chi connectivity index (χ2n) is 3.41. The highest BCUT2D eigenvalue weighted by atomic mass is 35.5. The van der Waals surface area contributed by atoms with Gasteiger partial charge in [0.2, 0.25) is 0 Å². The van der Waals surface area contributed by atoms with Gasteiger partial charge in [0.05, 0.1) is 15.1 Å². The summed E-state index contributed by atoms with van der Waals surface area (Å²) in [6.07, 6.45) is 1.39. The highest BCUT2D eigenvalue weighted by molar-refractivity contribution is 6.42. The van der Waals surface area contributed by atoms with E-state index >= 15 is 0 Å². The van der Waals surface area contributed by atoms with E-state index in [1.807, 2.05) is 6.07 Å². The van der Waals surface area contributed by atoms with Crippen LogP contribution in [0.2, 0.25) is 20.1 Å². The summed E-state index contributed by atoms with van der Waals surface area (Å²) in [6, 6.07) is 6.66. The molecule has 2 nitrogen and oxygen atoms in total. The van der Waals surface area contributed by atoms with Crippen molar-refractivity contribution in [3.05, 3.63) is 50.2 Å². The standard InChI is InChI=1S/C12H4Cl4N2/c13-6-2-9(15)12(10(16)3-6)8-1-7(14)5-18-11(8)4-17/h1-3,5H. The number of benzene rings is 1. The van der Waals surface area contributed by atoms with E-state index in [1.165, 1.54) is 6.20 Å². The van der Waals surface area contributed by atoms with Gasteiger partial charge >= 0.3 is 0 Å². The predicted molar refractivity (Wildman–Crippen MR) is 74.4 cm³/mol. The van der Waals surface area contributed by atoms with Gasteiger partial charge in [0.1, 0.15) is 11.8 Å². The van der Waals surface area contributed by atoms with E-state index in [1.54, 1.807) is 18.2 Å². The van der Waals surface area contributed by atoms with Gasteiger partial charge in [0, 0.05) is 22.3 Å². The first-order chi connectivity index (χ1) is 8.52. The molecule has 0 aliphatic heterocycles. The lowest BCUT2D eigenvalue weighted by Gasteiger charge is -2.09. The summed E-state index contributed by atoms with van der Waals surface area (Å²) in [5.41, 5.74) is 1.18. The molecular formula is C12H4Cl4N2.